The number of nitrogens with zero attached hydrogens (tertiary/aromatic N) is 2. The SMILES string of the molecule is c1cc2ccc3ccc(-c4ccc(-c5ccc6c(c5)c5ccccc5n5c7ccccc7nc65)cc4)c4ccc(c1)c2c34. The van der Waals surface area contributed by atoms with Gasteiger partial charge in [0.05, 0.1) is 16.6 Å². The second-order valence-corrected chi connectivity index (χ2v) is 11.6. The average molecular weight is 545 g/mol. The molecule has 0 unspecified atom stereocenters. The molecule has 0 atom stereocenters. The van der Waals surface area contributed by atoms with Gasteiger partial charge in [-0.2, -0.15) is 0 Å². The zero-order valence-corrected chi connectivity index (χ0v) is 23.3. The van der Waals surface area contributed by atoms with Gasteiger partial charge in [-0.1, -0.05) is 115 Å². The van der Waals surface area contributed by atoms with Gasteiger partial charge in [0.2, 0.25) is 0 Å². The molecule has 8 aromatic carbocycles. The van der Waals surface area contributed by atoms with Gasteiger partial charge in [-0.3, -0.25) is 4.40 Å². The Morgan fingerprint density at radius 1 is 0.395 bits per heavy atom. The van der Waals surface area contributed by atoms with Crippen LogP contribution in [-0.4, -0.2) is 9.38 Å². The van der Waals surface area contributed by atoms with Gasteiger partial charge in [-0.05, 0) is 90.3 Å². The van der Waals surface area contributed by atoms with E-state index in [-0.39, 0.29) is 0 Å². The molecule has 0 aliphatic heterocycles. The van der Waals surface area contributed by atoms with Crippen molar-refractivity contribution < 1.29 is 0 Å². The number of aromatic nitrogens is 2. The van der Waals surface area contributed by atoms with Crippen molar-refractivity contribution in [2.24, 2.45) is 0 Å². The number of pyridine rings is 1. The highest BCUT2D eigenvalue weighted by atomic mass is 15.0. The second-order valence-electron chi connectivity index (χ2n) is 11.6. The van der Waals surface area contributed by atoms with Crippen molar-refractivity contribution in [2.45, 2.75) is 0 Å². The summed E-state index contributed by atoms with van der Waals surface area (Å²) < 4.78 is 2.30. The smallest absolute Gasteiger partial charge is 0.146 e. The topological polar surface area (TPSA) is 17.3 Å². The van der Waals surface area contributed by atoms with Crippen molar-refractivity contribution in [3.05, 3.63) is 146 Å². The van der Waals surface area contributed by atoms with Gasteiger partial charge in [0.15, 0.2) is 0 Å². The van der Waals surface area contributed by atoms with Crippen LogP contribution >= 0.6 is 0 Å². The quantitative estimate of drug-likeness (QED) is 0.198. The Labute approximate surface area is 247 Å². The number of imidazole rings is 1. The summed E-state index contributed by atoms with van der Waals surface area (Å²) in [5.41, 5.74) is 9.27. The van der Waals surface area contributed by atoms with Crippen LogP contribution in [0.3, 0.4) is 0 Å². The predicted octanol–water partition coefficient (Wildman–Crippen LogP) is 11.0. The van der Waals surface area contributed by atoms with Gasteiger partial charge in [0.25, 0.3) is 0 Å². The molecule has 43 heavy (non-hydrogen) atoms. The maximum atomic E-state index is 5.06. The largest absolute Gasteiger partial charge is 0.292 e. The molecule has 10 aromatic rings. The van der Waals surface area contributed by atoms with Crippen molar-refractivity contribution in [1.82, 2.24) is 9.38 Å². The Morgan fingerprint density at radius 2 is 1.05 bits per heavy atom. The summed E-state index contributed by atoms with van der Waals surface area (Å²) in [6.45, 7) is 0. The molecule has 0 radical (unpaired) electrons. The Kier molecular flexibility index (Phi) is 4.48. The number of benzene rings is 8. The monoisotopic (exact) mass is 544 g/mol. The Morgan fingerprint density at radius 3 is 1.91 bits per heavy atom. The average Bonchev–Trinajstić information content (AvgIpc) is 3.47. The number of para-hydroxylation sites is 3. The number of fused-ring (bicyclic) bond motifs is 8. The van der Waals surface area contributed by atoms with Crippen LogP contribution in [0.2, 0.25) is 0 Å². The molecule has 2 nitrogen and oxygen atoms in total. The molecule has 0 bridgehead atoms. The molecule has 2 heteroatoms. The third-order valence-electron chi connectivity index (χ3n) is 9.31. The van der Waals surface area contributed by atoms with E-state index >= 15 is 0 Å². The van der Waals surface area contributed by atoms with Gasteiger partial charge >= 0.3 is 0 Å². The van der Waals surface area contributed by atoms with Crippen LogP contribution in [0.5, 0.6) is 0 Å². The molecule has 10 rings (SSSR count). The molecule has 0 saturated heterocycles. The summed E-state index contributed by atoms with van der Waals surface area (Å²) in [6, 6.07) is 53.1. The zero-order valence-electron chi connectivity index (χ0n) is 23.3. The van der Waals surface area contributed by atoms with Crippen LogP contribution in [0.1, 0.15) is 0 Å². The molecule has 0 saturated carbocycles. The van der Waals surface area contributed by atoms with E-state index in [1.54, 1.807) is 0 Å². The molecular weight excluding hydrogens is 520 g/mol. The first-order valence-corrected chi connectivity index (χ1v) is 14.8. The summed E-state index contributed by atoms with van der Waals surface area (Å²) in [6.07, 6.45) is 0. The van der Waals surface area contributed by atoms with Crippen molar-refractivity contribution in [1.29, 1.82) is 0 Å². The minimum Gasteiger partial charge on any atom is -0.292 e. The molecule has 0 N–H and O–H groups in total. The van der Waals surface area contributed by atoms with Gasteiger partial charge in [0, 0.05) is 10.8 Å². The lowest BCUT2D eigenvalue weighted by Gasteiger charge is -2.14. The molecule has 0 aliphatic carbocycles. The summed E-state index contributed by atoms with van der Waals surface area (Å²) in [5, 5.41) is 11.6. The lowest BCUT2D eigenvalue weighted by Crippen LogP contribution is -1.92. The fourth-order valence-corrected chi connectivity index (χ4v) is 7.32. The fourth-order valence-electron chi connectivity index (χ4n) is 7.32. The Bertz CT molecular complexity index is 2700. The number of rotatable bonds is 2. The van der Waals surface area contributed by atoms with Crippen LogP contribution < -0.4 is 0 Å². The maximum absolute atomic E-state index is 5.06. The first kappa shape index (κ1) is 22.9. The van der Waals surface area contributed by atoms with Crippen molar-refractivity contribution in [3.63, 3.8) is 0 Å². The molecule has 2 aromatic heterocycles. The minimum atomic E-state index is 1.01. The maximum Gasteiger partial charge on any atom is 0.146 e. The predicted molar refractivity (Wildman–Crippen MR) is 182 cm³/mol. The normalized spacial score (nSPS) is 12.2. The molecule has 0 amide bonds. The third-order valence-corrected chi connectivity index (χ3v) is 9.31. The van der Waals surface area contributed by atoms with Crippen LogP contribution in [0.4, 0.5) is 0 Å². The van der Waals surface area contributed by atoms with E-state index in [0.717, 1.165) is 16.7 Å². The number of hydrogen-bond donors (Lipinski definition) is 0. The first-order chi connectivity index (χ1) is 21.3. The van der Waals surface area contributed by atoms with E-state index in [1.807, 2.05) is 0 Å². The highest BCUT2D eigenvalue weighted by Crippen LogP contribution is 2.40. The van der Waals surface area contributed by atoms with E-state index < -0.39 is 0 Å². The first-order valence-electron chi connectivity index (χ1n) is 14.8. The molecule has 0 aliphatic rings. The third kappa shape index (κ3) is 3.15. The van der Waals surface area contributed by atoms with Crippen molar-refractivity contribution in [2.75, 3.05) is 0 Å². The van der Waals surface area contributed by atoms with Gasteiger partial charge in [0.1, 0.15) is 5.65 Å². The van der Waals surface area contributed by atoms with Crippen LogP contribution in [0.25, 0.3) is 92.9 Å². The zero-order chi connectivity index (χ0) is 28.1. The molecule has 198 valence electrons. The van der Waals surface area contributed by atoms with Crippen LogP contribution in [0.15, 0.2) is 146 Å². The lowest BCUT2D eigenvalue weighted by molar-refractivity contribution is 1.31. The Hall–Kier alpha value is -5.73. The van der Waals surface area contributed by atoms with Crippen molar-refractivity contribution >= 4 is 70.7 Å². The standard InChI is InChI=1S/C41H24N2/c1-3-10-37-32(8-1)35-24-30(20-23-34(35)41-42-36-9-2-4-11-38(36)43(37)41)25-12-14-26(15-13-25)31-21-18-29-17-16-27-6-5-7-28-19-22-33(31)40(29)39(27)28/h1-24H. The van der Waals surface area contributed by atoms with E-state index in [4.69, 9.17) is 4.98 Å². The molecule has 2 heterocycles. The fraction of sp³-hybridized carbons (Fsp3) is 0. The van der Waals surface area contributed by atoms with Crippen molar-refractivity contribution in [3.8, 4) is 22.3 Å². The summed E-state index contributed by atoms with van der Waals surface area (Å²) in [5.74, 6) is 0. The van der Waals surface area contributed by atoms with E-state index in [1.165, 1.54) is 76.2 Å². The van der Waals surface area contributed by atoms with Crippen LogP contribution in [-0.2, 0) is 0 Å². The lowest BCUT2D eigenvalue weighted by atomic mass is 9.89. The van der Waals surface area contributed by atoms with Gasteiger partial charge in [-0.25, -0.2) is 4.98 Å². The minimum absolute atomic E-state index is 1.01. The number of hydrogen-bond acceptors (Lipinski definition) is 1. The molecule has 0 fully saturated rings. The van der Waals surface area contributed by atoms with E-state index in [2.05, 4.69) is 150 Å². The Balaban J connectivity index is 1.14. The molecular formula is C41H24N2. The highest BCUT2D eigenvalue weighted by Gasteiger charge is 2.15. The molecule has 0 spiro atoms. The summed E-state index contributed by atoms with van der Waals surface area (Å²) >= 11 is 0. The highest BCUT2D eigenvalue weighted by molar-refractivity contribution is 6.25. The van der Waals surface area contributed by atoms with Gasteiger partial charge < -0.3 is 0 Å². The van der Waals surface area contributed by atoms with Gasteiger partial charge in [-0.15, -0.1) is 0 Å². The van der Waals surface area contributed by atoms with E-state index in [9.17, 15) is 0 Å². The summed E-state index contributed by atoms with van der Waals surface area (Å²) in [4.78, 5) is 5.06. The summed E-state index contributed by atoms with van der Waals surface area (Å²) in [7, 11) is 0. The van der Waals surface area contributed by atoms with E-state index in [0.29, 0.717) is 0 Å². The van der Waals surface area contributed by atoms with Crippen LogP contribution in [0, 0.1) is 0 Å². The second kappa shape index (κ2) is 8.40.